The van der Waals surface area contributed by atoms with Crippen molar-refractivity contribution in [1.82, 2.24) is 0 Å². The minimum absolute atomic E-state index is 0.00945. The standard InChI is InChI=1S/C31H39NO4/c1-17-9-12-30-14-13-29(7)28(6)11-10-20-26(3,4)24(34)19(32-8)16-27(20,5)21(28)15-22(33)31(29,36-25(30)35)23(30)18(17)2/h15-18,20,23H,9-14H2,1-7H3/t17-,18+,20+,23?,27+,28-,29+,30+,31+/m1/s1. The van der Waals surface area contributed by atoms with Crippen molar-refractivity contribution in [2.75, 3.05) is 0 Å². The van der Waals surface area contributed by atoms with Crippen molar-refractivity contribution in [2.24, 2.45) is 50.7 Å². The van der Waals surface area contributed by atoms with E-state index in [0.717, 1.165) is 44.1 Å². The predicted molar refractivity (Wildman–Crippen MR) is 135 cm³/mol. The van der Waals surface area contributed by atoms with Gasteiger partial charge in [0.1, 0.15) is 0 Å². The van der Waals surface area contributed by atoms with Crippen molar-refractivity contribution in [2.45, 2.75) is 92.6 Å². The fraction of sp³-hybridized carbons (Fsp3) is 0.742. The molecular weight excluding hydrogens is 450 g/mol. The van der Waals surface area contributed by atoms with Crippen LogP contribution in [-0.2, 0) is 19.1 Å². The molecule has 9 atom stereocenters. The maximum Gasteiger partial charge on any atom is 0.313 e. The molecule has 2 bridgehead atoms. The third kappa shape index (κ3) is 2.21. The van der Waals surface area contributed by atoms with Gasteiger partial charge in [-0.15, -0.1) is 0 Å². The van der Waals surface area contributed by atoms with Gasteiger partial charge in [0.25, 0.3) is 0 Å². The van der Waals surface area contributed by atoms with E-state index in [0.29, 0.717) is 5.92 Å². The highest BCUT2D eigenvalue weighted by Gasteiger charge is 2.82. The van der Waals surface area contributed by atoms with Crippen molar-refractivity contribution < 1.29 is 19.1 Å². The fourth-order valence-corrected chi connectivity index (χ4v) is 10.7. The van der Waals surface area contributed by atoms with Crippen molar-refractivity contribution in [3.8, 4) is 0 Å². The number of fused-ring (bicyclic) bond motifs is 4. The van der Waals surface area contributed by atoms with Crippen LogP contribution < -0.4 is 0 Å². The number of allylic oxidation sites excluding steroid dienone is 3. The molecule has 36 heavy (non-hydrogen) atoms. The zero-order chi connectivity index (χ0) is 26.3. The number of nitrogens with zero attached hydrogens (tertiary/aromatic N) is 1. The highest BCUT2D eigenvalue weighted by molar-refractivity contribution is 6.06. The van der Waals surface area contributed by atoms with Crippen LogP contribution in [0.5, 0.6) is 0 Å². The van der Waals surface area contributed by atoms with E-state index in [-0.39, 0.29) is 46.4 Å². The van der Waals surface area contributed by atoms with E-state index in [9.17, 15) is 14.4 Å². The summed E-state index contributed by atoms with van der Waals surface area (Å²) in [5, 5.41) is 0. The summed E-state index contributed by atoms with van der Waals surface area (Å²) >= 11 is 0. The van der Waals surface area contributed by atoms with Gasteiger partial charge >= 0.3 is 5.97 Å². The summed E-state index contributed by atoms with van der Waals surface area (Å²) in [4.78, 5) is 45.1. The second-order valence-corrected chi connectivity index (χ2v) is 14.3. The maximum absolute atomic E-state index is 14.6. The molecule has 3 saturated carbocycles. The van der Waals surface area contributed by atoms with Crippen molar-refractivity contribution in [3.05, 3.63) is 34.8 Å². The summed E-state index contributed by atoms with van der Waals surface area (Å²) in [5.74, 6) is 0.258. The largest absolute Gasteiger partial charge is 0.449 e. The summed E-state index contributed by atoms with van der Waals surface area (Å²) < 4.78 is 6.48. The van der Waals surface area contributed by atoms with E-state index in [1.807, 2.05) is 26.0 Å². The molecular formula is C31H39NO4. The summed E-state index contributed by atoms with van der Waals surface area (Å²) in [6, 6.07) is 0. The van der Waals surface area contributed by atoms with Gasteiger partial charge in [-0.2, -0.15) is 0 Å². The van der Waals surface area contributed by atoms with E-state index in [2.05, 4.69) is 39.5 Å². The zero-order valence-electron chi connectivity index (χ0n) is 22.8. The lowest BCUT2D eigenvalue weighted by molar-refractivity contribution is -0.211. The third-order valence-corrected chi connectivity index (χ3v) is 13.0. The number of Topliss-reactive ketones (excluding diaryl/α,β-unsaturated/α-hetero) is 1. The van der Waals surface area contributed by atoms with Gasteiger partial charge in [-0.1, -0.05) is 60.1 Å². The number of esters is 1. The van der Waals surface area contributed by atoms with Gasteiger partial charge in [0, 0.05) is 22.2 Å². The van der Waals surface area contributed by atoms with Crippen LogP contribution in [0.3, 0.4) is 0 Å². The molecule has 1 heterocycles. The third-order valence-electron chi connectivity index (χ3n) is 13.0. The molecule has 0 amide bonds. The molecule has 0 aromatic heterocycles. The van der Waals surface area contributed by atoms with Crippen LogP contribution in [0.4, 0.5) is 0 Å². The minimum Gasteiger partial charge on any atom is -0.449 e. The van der Waals surface area contributed by atoms with Crippen molar-refractivity contribution in [1.29, 1.82) is 0 Å². The Kier molecular flexibility index (Phi) is 4.43. The smallest absolute Gasteiger partial charge is 0.313 e. The molecule has 1 saturated heterocycles. The first-order valence-corrected chi connectivity index (χ1v) is 13.8. The van der Waals surface area contributed by atoms with Crippen molar-refractivity contribution in [3.63, 3.8) is 0 Å². The Labute approximate surface area is 214 Å². The van der Waals surface area contributed by atoms with E-state index < -0.39 is 27.3 Å². The Hall–Kier alpha value is -2.22. The Morgan fingerprint density at radius 1 is 0.972 bits per heavy atom. The predicted octanol–water partition coefficient (Wildman–Crippen LogP) is 6.09. The molecule has 0 aromatic rings. The molecule has 0 aromatic carbocycles. The lowest BCUT2D eigenvalue weighted by Gasteiger charge is -2.69. The Morgan fingerprint density at radius 2 is 1.67 bits per heavy atom. The number of carbonyl (C=O) groups excluding carboxylic acids is 3. The van der Waals surface area contributed by atoms with Gasteiger partial charge in [0.15, 0.2) is 17.2 Å². The minimum atomic E-state index is -1.13. The quantitative estimate of drug-likeness (QED) is 0.305. The van der Waals surface area contributed by atoms with E-state index in [1.54, 1.807) is 0 Å². The van der Waals surface area contributed by atoms with Gasteiger partial charge in [0.2, 0.25) is 5.70 Å². The molecule has 5 aliphatic carbocycles. The average Bonchev–Trinajstić information content (AvgIpc) is 3.03. The number of hydrogen-bond acceptors (Lipinski definition) is 4. The van der Waals surface area contributed by atoms with E-state index in [1.165, 1.54) is 0 Å². The lowest BCUT2D eigenvalue weighted by Crippen LogP contribution is -2.72. The Balaban J connectivity index is 1.61. The van der Waals surface area contributed by atoms with Gasteiger partial charge < -0.3 is 9.53 Å². The van der Waals surface area contributed by atoms with Crippen LogP contribution in [0.15, 0.2) is 23.4 Å². The molecule has 1 aliphatic heterocycles. The maximum atomic E-state index is 14.6. The number of ether oxygens (including phenoxy) is 1. The highest BCUT2D eigenvalue weighted by Crippen LogP contribution is 2.78. The Morgan fingerprint density at radius 3 is 2.33 bits per heavy atom. The summed E-state index contributed by atoms with van der Waals surface area (Å²) in [6.07, 6.45) is 8.72. The second kappa shape index (κ2) is 6.61. The second-order valence-electron chi connectivity index (χ2n) is 14.3. The normalized spacial score (nSPS) is 52.6. The number of hydrogen-bond donors (Lipinski definition) is 0. The molecule has 1 spiro atoms. The summed E-state index contributed by atoms with van der Waals surface area (Å²) in [5.41, 5.74) is -2.64. The van der Waals surface area contributed by atoms with Crippen LogP contribution in [0.25, 0.3) is 4.85 Å². The van der Waals surface area contributed by atoms with Crippen LogP contribution in [0.2, 0.25) is 0 Å². The van der Waals surface area contributed by atoms with Gasteiger partial charge in [-0.25, -0.2) is 4.85 Å². The summed E-state index contributed by atoms with van der Waals surface area (Å²) in [6.45, 7) is 22.8. The summed E-state index contributed by atoms with van der Waals surface area (Å²) in [7, 11) is 0. The molecule has 6 rings (SSSR count). The highest BCUT2D eigenvalue weighted by atomic mass is 16.6. The van der Waals surface area contributed by atoms with Gasteiger partial charge in [-0.3, -0.25) is 9.59 Å². The molecule has 5 nitrogen and oxygen atoms in total. The lowest BCUT2D eigenvalue weighted by atomic mass is 9.33. The molecule has 5 heteroatoms. The van der Waals surface area contributed by atoms with Gasteiger partial charge in [0.05, 0.1) is 12.0 Å². The van der Waals surface area contributed by atoms with Crippen LogP contribution in [0, 0.1) is 57.3 Å². The first-order valence-electron chi connectivity index (χ1n) is 13.8. The number of rotatable bonds is 0. The van der Waals surface area contributed by atoms with Crippen molar-refractivity contribution >= 4 is 17.5 Å². The number of carbonyl (C=O) groups is 3. The molecule has 6 aliphatic rings. The Bertz CT molecular complexity index is 1240. The van der Waals surface area contributed by atoms with Crippen LogP contribution in [0.1, 0.15) is 87.0 Å². The molecule has 0 N–H and O–H groups in total. The first kappa shape index (κ1) is 24.1. The van der Waals surface area contributed by atoms with Crippen LogP contribution >= 0.6 is 0 Å². The zero-order valence-corrected chi connectivity index (χ0v) is 22.8. The average molecular weight is 490 g/mol. The molecule has 1 unspecified atom stereocenters. The molecule has 0 radical (unpaired) electrons. The van der Waals surface area contributed by atoms with Gasteiger partial charge in [-0.05, 0) is 67.8 Å². The van der Waals surface area contributed by atoms with Crippen LogP contribution in [-0.4, -0.2) is 23.1 Å². The SMILES string of the molecule is [C-]#[N+]C1=C[C@]2(C)C3=CC(=O)[C@]45OC(=O)[C@@]6(CC[C@@H](C)[C@H](C)C64)CC[C@@]5(C)[C@]3(C)CC[C@H]2C(C)(C)C1=O. The topological polar surface area (TPSA) is 64.8 Å². The molecule has 4 fully saturated rings. The van der Waals surface area contributed by atoms with E-state index in [4.69, 9.17) is 11.3 Å². The van der Waals surface area contributed by atoms with E-state index >= 15 is 0 Å². The molecule has 192 valence electrons. The number of ketones is 2. The fourth-order valence-electron chi connectivity index (χ4n) is 10.7. The first-order chi connectivity index (χ1) is 16.7. The monoisotopic (exact) mass is 489 g/mol.